The van der Waals surface area contributed by atoms with Gasteiger partial charge in [-0.15, -0.1) is 0 Å². The van der Waals surface area contributed by atoms with Gasteiger partial charge in [-0.3, -0.25) is 0 Å². The third-order valence-electron chi connectivity index (χ3n) is 6.99. The average molecular weight is 454 g/mol. The number of unbranched alkanes of at least 4 members (excludes halogenated alkanes) is 1. The van der Waals surface area contributed by atoms with Gasteiger partial charge in [0.25, 0.3) is 0 Å². The third kappa shape index (κ3) is 4.39. The number of para-hydroxylation sites is 1. The normalized spacial score (nSPS) is 17.5. The number of nitrogens with zero attached hydrogens (tertiary/aromatic N) is 1. The zero-order chi connectivity index (χ0) is 23.3. The number of phenolic OH excluding ortho intramolecular Hbond substituents is 1. The molecule has 0 bridgehead atoms. The van der Waals surface area contributed by atoms with Gasteiger partial charge in [-0.05, 0) is 57.1 Å². The Morgan fingerprint density at radius 2 is 1.66 bits per heavy atom. The van der Waals surface area contributed by atoms with Gasteiger partial charge < -0.3 is 14.7 Å². The molecule has 0 aromatic heterocycles. The van der Waals surface area contributed by atoms with E-state index in [2.05, 4.69) is 63.8 Å². The van der Waals surface area contributed by atoms with Gasteiger partial charge in [0.15, 0.2) is 5.60 Å². The second-order valence-electron chi connectivity index (χ2n) is 8.75. The van der Waals surface area contributed by atoms with Gasteiger partial charge in [0.2, 0.25) is 0 Å². The van der Waals surface area contributed by atoms with Gasteiger partial charge in [0.1, 0.15) is 16.5 Å². The first-order chi connectivity index (χ1) is 15.5. The molecule has 32 heavy (non-hydrogen) atoms. The molecule has 1 atom stereocenters. The summed E-state index contributed by atoms with van der Waals surface area (Å²) in [6, 6.07) is 10.5. The predicted octanol–water partition coefficient (Wildman–Crippen LogP) is 7.19. The quantitative estimate of drug-likeness (QED) is 0.407. The van der Waals surface area contributed by atoms with E-state index in [-0.39, 0.29) is 0 Å². The zero-order valence-electron chi connectivity index (χ0n) is 20.5. The van der Waals surface area contributed by atoms with E-state index in [0.29, 0.717) is 5.75 Å². The lowest BCUT2D eigenvalue weighted by Gasteiger charge is -2.44. The fourth-order valence-electron chi connectivity index (χ4n) is 5.09. The van der Waals surface area contributed by atoms with Crippen LogP contribution >= 0.6 is 12.2 Å². The van der Waals surface area contributed by atoms with Gasteiger partial charge >= 0.3 is 0 Å². The van der Waals surface area contributed by atoms with Crippen LogP contribution in [0.3, 0.4) is 0 Å². The molecule has 1 N–H and O–H groups in total. The molecule has 0 spiro atoms. The van der Waals surface area contributed by atoms with E-state index >= 15 is 0 Å². The molecule has 3 rings (SSSR count). The number of phenols is 1. The highest BCUT2D eigenvalue weighted by Gasteiger charge is 2.43. The Hall–Kier alpha value is -2.07. The van der Waals surface area contributed by atoms with E-state index in [1.807, 2.05) is 6.07 Å². The maximum absolute atomic E-state index is 11.0. The Morgan fingerprint density at radius 1 is 1.00 bits per heavy atom. The fourth-order valence-corrected chi connectivity index (χ4v) is 5.57. The summed E-state index contributed by atoms with van der Waals surface area (Å²) in [4.78, 5) is 3.18. The van der Waals surface area contributed by atoms with Crippen LogP contribution in [-0.4, -0.2) is 22.2 Å². The standard InChI is InChI=1S/C28H39NO2S/c1-6-11-19-29(20-15-13-12-14-16-20)27(32)28(10-5)18-17-24-22(8-3)25(30)21(7-2)23(9-4)26(24)31-28/h12-16,30H,6-11,17-19H2,1-5H3. The molecule has 0 amide bonds. The van der Waals surface area contributed by atoms with E-state index in [4.69, 9.17) is 17.0 Å². The Labute approximate surface area is 199 Å². The van der Waals surface area contributed by atoms with Crippen LogP contribution in [-0.2, 0) is 25.7 Å². The van der Waals surface area contributed by atoms with Crippen molar-refractivity contribution in [3.05, 3.63) is 52.6 Å². The van der Waals surface area contributed by atoms with Crippen molar-refractivity contribution in [3.63, 3.8) is 0 Å². The van der Waals surface area contributed by atoms with Crippen molar-refractivity contribution in [1.82, 2.24) is 0 Å². The Morgan fingerprint density at radius 3 is 2.22 bits per heavy atom. The molecule has 0 saturated carbocycles. The van der Waals surface area contributed by atoms with E-state index < -0.39 is 5.60 Å². The number of hydrogen-bond donors (Lipinski definition) is 1. The predicted molar refractivity (Wildman–Crippen MR) is 140 cm³/mol. The number of anilines is 1. The first-order valence-electron chi connectivity index (χ1n) is 12.4. The van der Waals surface area contributed by atoms with Crippen LogP contribution in [0.15, 0.2) is 30.3 Å². The molecule has 1 unspecified atom stereocenters. The first-order valence-corrected chi connectivity index (χ1v) is 12.8. The van der Waals surface area contributed by atoms with Crippen LogP contribution < -0.4 is 9.64 Å². The van der Waals surface area contributed by atoms with Gasteiger partial charge in [-0.2, -0.15) is 0 Å². The first kappa shape index (κ1) is 24.6. The topological polar surface area (TPSA) is 32.7 Å². The second-order valence-corrected chi connectivity index (χ2v) is 9.14. The second kappa shape index (κ2) is 10.7. The molecular weight excluding hydrogens is 414 g/mol. The van der Waals surface area contributed by atoms with Crippen LogP contribution in [0.1, 0.15) is 82.6 Å². The van der Waals surface area contributed by atoms with Crippen LogP contribution in [0.25, 0.3) is 0 Å². The number of rotatable bonds is 9. The third-order valence-corrected chi connectivity index (χ3v) is 7.59. The van der Waals surface area contributed by atoms with Crippen LogP contribution in [0.2, 0.25) is 0 Å². The Kier molecular flexibility index (Phi) is 8.21. The summed E-state index contributed by atoms with van der Waals surface area (Å²) in [6.07, 6.45) is 7.20. The van der Waals surface area contributed by atoms with Crippen molar-refractivity contribution in [1.29, 1.82) is 0 Å². The molecule has 1 aliphatic rings. The van der Waals surface area contributed by atoms with Gasteiger partial charge in [-0.1, -0.05) is 71.5 Å². The lowest BCUT2D eigenvalue weighted by Crippen LogP contribution is -2.54. The highest BCUT2D eigenvalue weighted by atomic mass is 32.1. The minimum atomic E-state index is -0.511. The number of ether oxygens (including phenoxy) is 1. The molecule has 2 aromatic carbocycles. The molecule has 1 aliphatic heterocycles. The summed E-state index contributed by atoms with van der Waals surface area (Å²) in [5.74, 6) is 1.47. The van der Waals surface area contributed by atoms with E-state index in [0.717, 1.165) is 91.0 Å². The summed E-state index contributed by atoms with van der Waals surface area (Å²) in [7, 11) is 0. The molecule has 3 nitrogen and oxygen atoms in total. The number of fused-ring (bicyclic) bond motifs is 1. The molecule has 4 heteroatoms. The average Bonchev–Trinajstić information content (AvgIpc) is 2.83. The highest BCUT2D eigenvalue weighted by Crippen LogP contribution is 2.46. The Bertz CT molecular complexity index is 915. The molecule has 2 aromatic rings. The number of aromatic hydroxyl groups is 1. The summed E-state index contributed by atoms with van der Waals surface area (Å²) in [5, 5.41) is 11.0. The van der Waals surface area contributed by atoms with Crippen molar-refractivity contribution < 1.29 is 9.84 Å². The summed E-state index contributed by atoms with van der Waals surface area (Å²) in [5.41, 5.74) is 5.05. The van der Waals surface area contributed by atoms with Crippen molar-refractivity contribution in [2.45, 2.75) is 91.6 Å². The number of benzene rings is 2. The molecule has 0 fully saturated rings. The summed E-state index contributed by atoms with van der Waals surface area (Å²) >= 11 is 6.21. The van der Waals surface area contributed by atoms with Gasteiger partial charge in [0.05, 0.1) is 0 Å². The van der Waals surface area contributed by atoms with Gasteiger partial charge in [0, 0.05) is 34.5 Å². The highest BCUT2D eigenvalue weighted by molar-refractivity contribution is 7.80. The smallest absolute Gasteiger partial charge is 0.159 e. The molecule has 1 heterocycles. The van der Waals surface area contributed by atoms with E-state index in [1.54, 1.807) is 0 Å². The minimum Gasteiger partial charge on any atom is -0.507 e. The van der Waals surface area contributed by atoms with Crippen molar-refractivity contribution in [3.8, 4) is 11.5 Å². The number of hydrogen-bond acceptors (Lipinski definition) is 3. The zero-order valence-corrected chi connectivity index (χ0v) is 21.3. The van der Waals surface area contributed by atoms with Gasteiger partial charge in [-0.25, -0.2) is 0 Å². The van der Waals surface area contributed by atoms with E-state index in [1.165, 1.54) is 5.56 Å². The molecule has 174 valence electrons. The van der Waals surface area contributed by atoms with Crippen molar-refractivity contribution in [2.75, 3.05) is 11.4 Å². The lowest BCUT2D eigenvalue weighted by molar-refractivity contribution is 0.109. The van der Waals surface area contributed by atoms with Crippen LogP contribution in [0, 0.1) is 0 Å². The molecule has 0 saturated heterocycles. The summed E-state index contributed by atoms with van der Waals surface area (Å²) < 4.78 is 6.98. The molecule has 0 radical (unpaired) electrons. The lowest BCUT2D eigenvalue weighted by atomic mass is 9.82. The maximum Gasteiger partial charge on any atom is 0.159 e. The van der Waals surface area contributed by atoms with Crippen LogP contribution in [0.5, 0.6) is 11.5 Å². The molecular formula is C28H39NO2S. The summed E-state index contributed by atoms with van der Waals surface area (Å²) in [6.45, 7) is 11.7. The van der Waals surface area contributed by atoms with Crippen molar-refractivity contribution >= 4 is 22.9 Å². The minimum absolute atomic E-state index is 0.481. The number of thiocarbonyl (C=S) groups is 1. The van der Waals surface area contributed by atoms with E-state index in [9.17, 15) is 5.11 Å². The SMILES string of the molecule is CCCCN(C(=S)C1(CC)CCc2c(CC)c(O)c(CC)c(CC)c2O1)c1ccccc1. The maximum atomic E-state index is 11.0. The fraction of sp³-hybridized carbons (Fsp3) is 0.536. The Balaban J connectivity index is 2.09. The van der Waals surface area contributed by atoms with Crippen molar-refractivity contribution in [2.24, 2.45) is 0 Å². The monoisotopic (exact) mass is 453 g/mol. The largest absolute Gasteiger partial charge is 0.507 e. The van der Waals surface area contributed by atoms with Crippen LogP contribution in [0.4, 0.5) is 5.69 Å². The molecule has 0 aliphatic carbocycles.